The third-order valence-corrected chi connectivity index (χ3v) is 3.00. The van der Waals surface area contributed by atoms with Crippen LogP contribution in [0.1, 0.15) is 13.2 Å². The van der Waals surface area contributed by atoms with Crippen molar-refractivity contribution in [3.05, 3.63) is 22.7 Å². The molecule has 0 spiro atoms. The van der Waals surface area contributed by atoms with Crippen molar-refractivity contribution >= 4 is 5.82 Å². The molecule has 1 aromatic rings. The molecule has 0 radical (unpaired) electrons. The minimum absolute atomic E-state index is 0.00839. The van der Waals surface area contributed by atoms with Gasteiger partial charge in [0.05, 0.1) is 6.61 Å². The molecule has 0 aromatic carbocycles. The van der Waals surface area contributed by atoms with Crippen LogP contribution in [-0.4, -0.2) is 44.2 Å². The molecule has 1 aliphatic heterocycles. The summed E-state index contributed by atoms with van der Waals surface area (Å²) in [6, 6.07) is 1.32. The highest BCUT2D eigenvalue weighted by Crippen LogP contribution is 2.40. The number of anilines is 1. The van der Waals surface area contributed by atoms with Gasteiger partial charge in [-0.25, -0.2) is 9.18 Å². The highest BCUT2D eigenvalue weighted by atomic mass is 19.1. The van der Waals surface area contributed by atoms with E-state index in [1.54, 1.807) is 0 Å². The molecule has 100 valence electrons. The van der Waals surface area contributed by atoms with Crippen molar-refractivity contribution in [1.29, 1.82) is 0 Å². The fourth-order valence-electron chi connectivity index (χ4n) is 1.97. The van der Waals surface area contributed by atoms with Gasteiger partial charge in [-0.1, -0.05) is 0 Å². The summed E-state index contributed by atoms with van der Waals surface area (Å²) in [5, 5.41) is 18.6. The van der Waals surface area contributed by atoms with Gasteiger partial charge in [-0.3, -0.25) is 4.57 Å². The van der Waals surface area contributed by atoms with Gasteiger partial charge >= 0.3 is 5.69 Å². The largest absolute Gasteiger partial charge is 0.394 e. The molecule has 0 amide bonds. The number of nitrogens with two attached hydrogens (primary N) is 1. The summed E-state index contributed by atoms with van der Waals surface area (Å²) >= 11 is 0. The zero-order valence-corrected chi connectivity index (χ0v) is 9.65. The first-order chi connectivity index (χ1) is 8.37. The Balaban J connectivity index is 2.42. The molecule has 0 bridgehead atoms. The predicted octanol–water partition coefficient (Wildman–Crippen LogP) is -1.20. The van der Waals surface area contributed by atoms with Crippen LogP contribution in [-0.2, 0) is 4.74 Å². The number of hydrogen-bond acceptors (Lipinski definition) is 6. The van der Waals surface area contributed by atoms with Crippen LogP contribution >= 0.6 is 0 Å². The van der Waals surface area contributed by atoms with Gasteiger partial charge in [0.2, 0.25) is 0 Å². The average molecular weight is 259 g/mol. The van der Waals surface area contributed by atoms with Crippen LogP contribution in [0.15, 0.2) is 17.1 Å². The lowest BCUT2D eigenvalue weighted by Gasteiger charge is -2.24. The Morgan fingerprint density at radius 1 is 1.72 bits per heavy atom. The summed E-state index contributed by atoms with van der Waals surface area (Å²) in [5.41, 5.74) is 2.33. The highest BCUT2D eigenvalue weighted by Gasteiger charge is 2.55. The van der Waals surface area contributed by atoms with Gasteiger partial charge < -0.3 is 20.7 Å². The smallest absolute Gasteiger partial charge is 0.351 e. The predicted molar refractivity (Wildman–Crippen MR) is 59.4 cm³/mol. The van der Waals surface area contributed by atoms with E-state index in [-0.39, 0.29) is 5.82 Å². The molecule has 0 saturated carbocycles. The Morgan fingerprint density at radius 2 is 2.39 bits per heavy atom. The van der Waals surface area contributed by atoms with Crippen LogP contribution in [0.25, 0.3) is 0 Å². The number of hydrogen-bond donors (Lipinski definition) is 3. The number of rotatable bonds is 2. The number of nitrogens with zero attached hydrogens (tertiary/aromatic N) is 2. The Labute approximate surface area is 102 Å². The molecular formula is C10H14FN3O4. The SMILES string of the molecule is C[C@@]1(F)C(O)[C@@H](CO)O[C@H]1n1ccc(N)nc1=O. The lowest BCUT2D eigenvalue weighted by atomic mass is 9.98. The molecule has 4 N–H and O–H groups in total. The second-order valence-electron chi connectivity index (χ2n) is 4.35. The van der Waals surface area contributed by atoms with Crippen molar-refractivity contribution in [2.45, 2.75) is 31.0 Å². The first-order valence-electron chi connectivity index (χ1n) is 5.36. The maximum Gasteiger partial charge on any atom is 0.351 e. The van der Waals surface area contributed by atoms with Gasteiger partial charge in [0, 0.05) is 6.20 Å². The number of nitrogen functional groups attached to an aromatic ring is 1. The summed E-state index contributed by atoms with van der Waals surface area (Å²) in [6.07, 6.45) is -2.74. The molecule has 7 nitrogen and oxygen atoms in total. The molecule has 8 heteroatoms. The van der Waals surface area contributed by atoms with Crippen molar-refractivity contribution in [2.75, 3.05) is 12.3 Å². The Bertz CT molecular complexity index is 504. The topological polar surface area (TPSA) is 111 Å². The van der Waals surface area contributed by atoms with E-state index in [0.29, 0.717) is 0 Å². The Hall–Kier alpha value is -1.51. The number of halogens is 1. The number of alkyl halides is 1. The second kappa shape index (κ2) is 4.30. The van der Waals surface area contributed by atoms with Crippen molar-refractivity contribution < 1.29 is 19.3 Å². The van der Waals surface area contributed by atoms with Gasteiger partial charge in [-0.2, -0.15) is 4.98 Å². The van der Waals surface area contributed by atoms with Gasteiger partial charge in [-0.05, 0) is 13.0 Å². The average Bonchev–Trinajstić information content (AvgIpc) is 2.52. The number of aliphatic hydroxyl groups is 2. The van der Waals surface area contributed by atoms with E-state index in [2.05, 4.69) is 4.98 Å². The van der Waals surface area contributed by atoms with Gasteiger partial charge in [0.1, 0.15) is 18.0 Å². The molecular weight excluding hydrogens is 245 g/mol. The normalized spacial score (nSPS) is 35.9. The van der Waals surface area contributed by atoms with Crippen molar-refractivity contribution in [3.8, 4) is 0 Å². The van der Waals surface area contributed by atoms with Gasteiger partial charge in [0.25, 0.3) is 0 Å². The maximum absolute atomic E-state index is 14.4. The van der Waals surface area contributed by atoms with Crippen LogP contribution < -0.4 is 11.4 Å². The first kappa shape index (κ1) is 12.9. The zero-order valence-electron chi connectivity index (χ0n) is 9.65. The molecule has 2 rings (SSSR count). The van der Waals surface area contributed by atoms with Gasteiger partial charge in [-0.15, -0.1) is 0 Å². The molecule has 0 aliphatic carbocycles. The Kier molecular flexibility index (Phi) is 3.09. The van der Waals surface area contributed by atoms with Crippen molar-refractivity contribution in [2.24, 2.45) is 0 Å². The molecule has 1 aliphatic rings. The summed E-state index contributed by atoms with van der Waals surface area (Å²) in [7, 11) is 0. The van der Waals surface area contributed by atoms with Crippen LogP contribution in [0.2, 0.25) is 0 Å². The van der Waals surface area contributed by atoms with Crippen LogP contribution in [0, 0.1) is 0 Å². The van der Waals surface area contributed by atoms with E-state index in [0.717, 1.165) is 11.5 Å². The van der Waals surface area contributed by atoms with E-state index in [9.17, 15) is 14.3 Å². The fraction of sp³-hybridized carbons (Fsp3) is 0.600. The fourth-order valence-corrected chi connectivity index (χ4v) is 1.97. The molecule has 1 saturated heterocycles. The lowest BCUT2D eigenvalue weighted by molar-refractivity contribution is -0.0610. The molecule has 2 heterocycles. The van der Waals surface area contributed by atoms with Crippen molar-refractivity contribution in [3.63, 3.8) is 0 Å². The van der Waals surface area contributed by atoms with Crippen LogP contribution in [0.4, 0.5) is 10.2 Å². The first-order valence-corrected chi connectivity index (χ1v) is 5.36. The van der Waals surface area contributed by atoms with Crippen LogP contribution in [0.5, 0.6) is 0 Å². The standard InChI is InChI=1S/C10H14FN3O4/c1-10(11)7(16)5(4-15)18-8(10)14-3-2-6(12)13-9(14)17/h2-3,5,7-8,15-16H,4H2,1H3,(H2,12,13,17)/t5-,7?,8-,10-/m1/s1. The third-order valence-electron chi connectivity index (χ3n) is 3.00. The second-order valence-corrected chi connectivity index (χ2v) is 4.35. The van der Waals surface area contributed by atoms with Crippen LogP contribution in [0.3, 0.4) is 0 Å². The molecule has 1 unspecified atom stereocenters. The minimum Gasteiger partial charge on any atom is -0.394 e. The Morgan fingerprint density at radius 3 is 2.89 bits per heavy atom. The zero-order chi connectivity index (χ0) is 13.5. The van der Waals surface area contributed by atoms with E-state index in [1.807, 2.05) is 0 Å². The number of aromatic nitrogens is 2. The summed E-state index contributed by atoms with van der Waals surface area (Å²) < 4.78 is 20.4. The van der Waals surface area contributed by atoms with Crippen molar-refractivity contribution in [1.82, 2.24) is 9.55 Å². The molecule has 4 atom stereocenters. The number of aliphatic hydroxyl groups excluding tert-OH is 2. The lowest BCUT2D eigenvalue weighted by Crippen LogP contribution is -2.42. The van der Waals surface area contributed by atoms with E-state index in [1.165, 1.54) is 12.3 Å². The summed E-state index contributed by atoms with van der Waals surface area (Å²) in [4.78, 5) is 15.1. The molecule has 1 aromatic heterocycles. The summed E-state index contributed by atoms with van der Waals surface area (Å²) in [5.74, 6) is 0.00839. The summed E-state index contributed by atoms with van der Waals surface area (Å²) in [6.45, 7) is 0.551. The van der Waals surface area contributed by atoms with E-state index in [4.69, 9.17) is 15.6 Å². The highest BCUT2D eigenvalue weighted by molar-refractivity contribution is 5.23. The molecule has 18 heavy (non-hydrogen) atoms. The third kappa shape index (κ3) is 1.88. The van der Waals surface area contributed by atoms with E-state index < -0.39 is 36.4 Å². The quantitative estimate of drug-likeness (QED) is 0.615. The number of ether oxygens (including phenoxy) is 1. The van der Waals surface area contributed by atoms with Gasteiger partial charge in [0.15, 0.2) is 11.9 Å². The van der Waals surface area contributed by atoms with E-state index >= 15 is 0 Å². The molecule has 1 fully saturated rings. The minimum atomic E-state index is -2.21. The monoisotopic (exact) mass is 259 g/mol. The maximum atomic E-state index is 14.4.